The number of carbonyl (C=O) groups is 2. The quantitative estimate of drug-likeness (QED) is 0.824. The Morgan fingerprint density at radius 1 is 1.08 bits per heavy atom. The van der Waals surface area contributed by atoms with Gasteiger partial charge in [-0.05, 0) is 43.5 Å². The predicted octanol–water partition coefficient (Wildman–Crippen LogP) is 1.18. The first kappa shape index (κ1) is 16.5. The van der Waals surface area contributed by atoms with Gasteiger partial charge in [-0.1, -0.05) is 0 Å². The van der Waals surface area contributed by atoms with Crippen molar-refractivity contribution in [3.63, 3.8) is 0 Å². The van der Waals surface area contributed by atoms with Crippen molar-refractivity contribution < 1.29 is 14.0 Å². The minimum atomic E-state index is -0.625. The zero-order valence-corrected chi connectivity index (χ0v) is 14.1. The van der Waals surface area contributed by atoms with Gasteiger partial charge in [-0.3, -0.25) is 9.69 Å². The van der Waals surface area contributed by atoms with Crippen LogP contribution in [0.25, 0.3) is 0 Å². The zero-order chi connectivity index (χ0) is 18.3. The molecule has 8 nitrogen and oxygen atoms in total. The molecule has 4 rings (SSSR count). The Hall–Kier alpha value is -2.97. The third-order valence-corrected chi connectivity index (χ3v) is 4.76. The molecule has 2 aliphatic rings. The van der Waals surface area contributed by atoms with Crippen LogP contribution in [0.5, 0.6) is 0 Å². The van der Waals surface area contributed by atoms with Gasteiger partial charge in [0, 0.05) is 18.8 Å². The van der Waals surface area contributed by atoms with E-state index in [-0.39, 0.29) is 24.8 Å². The van der Waals surface area contributed by atoms with E-state index in [1.165, 1.54) is 29.2 Å². The number of benzene rings is 1. The van der Waals surface area contributed by atoms with Crippen LogP contribution in [0.15, 0.2) is 29.1 Å². The largest absolute Gasteiger partial charge is 0.354 e. The number of nitrogens with zero attached hydrogens (tertiary/aromatic N) is 5. The second-order valence-corrected chi connectivity index (χ2v) is 6.48. The molecule has 0 unspecified atom stereocenters. The molecule has 0 saturated carbocycles. The summed E-state index contributed by atoms with van der Waals surface area (Å²) in [5.41, 5.74) is -0.141. The molecule has 3 heterocycles. The SMILES string of the molecule is O=C(Cn1nc2n(c1=O)C(=O)N(c1ccc(F)cc1)C2)N1CCCCC1. The van der Waals surface area contributed by atoms with Crippen LogP contribution >= 0.6 is 0 Å². The number of fused-ring (bicyclic) bond motifs is 1. The van der Waals surface area contributed by atoms with Gasteiger partial charge in [0.2, 0.25) is 5.91 Å². The van der Waals surface area contributed by atoms with Gasteiger partial charge in [0.15, 0.2) is 5.82 Å². The maximum absolute atomic E-state index is 13.1. The lowest BCUT2D eigenvalue weighted by atomic mass is 10.1. The standard InChI is InChI=1S/C17H18FN5O3/c18-12-4-6-13(7-5-12)21-10-14-19-22(17(26)23(14)16(21)25)11-15(24)20-8-2-1-3-9-20/h4-7H,1-3,8-11H2. The molecule has 136 valence electrons. The van der Waals surface area contributed by atoms with Crippen molar-refractivity contribution in [2.24, 2.45) is 0 Å². The first-order valence-corrected chi connectivity index (χ1v) is 8.58. The summed E-state index contributed by atoms with van der Waals surface area (Å²) < 4.78 is 15.1. The van der Waals surface area contributed by atoms with Crippen molar-refractivity contribution in [1.29, 1.82) is 0 Å². The topological polar surface area (TPSA) is 80.4 Å². The molecule has 1 aromatic heterocycles. The molecule has 26 heavy (non-hydrogen) atoms. The summed E-state index contributed by atoms with van der Waals surface area (Å²) in [5, 5.41) is 4.15. The summed E-state index contributed by atoms with van der Waals surface area (Å²) in [6.07, 6.45) is 3.03. The molecule has 0 spiro atoms. The van der Waals surface area contributed by atoms with Gasteiger partial charge in [0.1, 0.15) is 12.4 Å². The third-order valence-electron chi connectivity index (χ3n) is 4.76. The number of anilines is 1. The number of amides is 2. The number of likely N-dealkylation sites (tertiary alicyclic amines) is 1. The first-order chi connectivity index (χ1) is 12.5. The number of carbonyl (C=O) groups excluding carboxylic acids is 2. The van der Waals surface area contributed by atoms with E-state index in [1.807, 2.05) is 0 Å². The molecule has 1 aromatic carbocycles. The van der Waals surface area contributed by atoms with E-state index >= 15 is 0 Å². The Morgan fingerprint density at radius 2 is 1.77 bits per heavy atom. The van der Waals surface area contributed by atoms with Crippen molar-refractivity contribution in [2.45, 2.75) is 32.4 Å². The van der Waals surface area contributed by atoms with Crippen LogP contribution < -0.4 is 10.6 Å². The second-order valence-electron chi connectivity index (χ2n) is 6.48. The minimum Gasteiger partial charge on any atom is -0.341 e. The molecule has 2 amide bonds. The lowest BCUT2D eigenvalue weighted by molar-refractivity contribution is -0.133. The van der Waals surface area contributed by atoms with Crippen LogP contribution in [0.4, 0.5) is 14.9 Å². The Bertz CT molecular complexity index is 911. The van der Waals surface area contributed by atoms with Gasteiger partial charge in [0.25, 0.3) is 0 Å². The van der Waals surface area contributed by atoms with E-state index in [1.54, 1.807) is 4.90 Å². The zero-order valence-electron chi connectivity index (χ0n) is 14.1. The first-order valence-electron chi connectivity index (χ1n) is 8.58. The summed E-state index contributed by atoms with van der Waals surface area (Å²) in [4.78, 5) is 40.5. The average molecular weight is 359 g/mol. The van der Waals surface area contributed by atoms with Crippen LogP contribution in [0, 0.1) is 5.82 Å². The highest BCUT2D eigenvalue weighted by atomic mass is 19.1. The van der Waals surface area contributed by atoms with Gasteiger partial charge in [0.05, 0.1) is 6.54 Å². The summed E-state index contributed by atoms with van der Waals surface area (Å²) in [5.74, 6) is -0.293. The van der Waals surface area contributed by atoms with Crippen molar-refractivity contribution in [3.05, 3.63) is 46.4 Å². The number of halogens is 1. The van der Waals surface area contributed by atoms with E-state index < -0.39 is 17.5 Å². The molecule has 2 aliphatic heterocycles. The summed E-state index contributed by atoms with van der Waals surface area (Å²) in [6.45, 7) is 1.32. The normalized spacial score (nSPS) is 16.9. The van der Waals surface area contributed by atoms with Gasteiger partial charge in [-0.2, -0.15) is 9.67 Å². The van der Waals surface area contributed by atoms with Crippen LogP contribution in [0.2, 0.25) is 0 Å². The van der Waals surface area contributed by atoms with Crippen molar-refractivity contribution in [1.82, 2.24) is 19.2 Å². The molecule has 1 fully saturated rings. The average Bonchev–Trinajstić information content (AvgIpc) is 3.13. The number of piperidine rings is 1. The molecule has 0 bridgehead atoms. The summed E-state index contributed by atoms with van der Waals surface area (Å²) >= 11 is 0. The fourth-order valence-corrected chi connectivity index (χ4v) is 3.37. The van der Waals surface area contributed by atoms with Crippen LogP contribution in [0.1, 0.15) is 25.1 Å². The van der Waals surface area contributed by atoms with Crippen molar-refractivity contribution in [2.75, 3.05) is 18.0 Å². The molecule has 0 N–H and O–H groups in total. The third kappa shape index (κ3) is 2.79. The van der Waals surface area contributed by atoms with Crippen LogP contribution in [0.3, 0.4) is 0 Å². The maximum atomic E-state index is 13.1. The molecule has 0 aliphatic carbocycles. The van der Waals surface area contributed by atoms with Gasteiger partial charge in [-0.15, -0.1) is 0 Å². The fraction of sp³-hybridized carbons (Fsp3) is 0.412. The number of hydrogen-bond donors (Lipinski definition) is 0. The molecule has 9 heteroatoms. The molecule has 0 radical (unpaired) electrons. The Morgan fingerprint density at radius 3 is 2.42 bits per heavy atom. The van der Waals surface area contributed by atoms with E-state index in [0.717, 1.165) is 28.5 Å². The fourth-order valence-electron chi connectivity index (χ4n) is 3.37. The van der Waals surface area contributed by atoms with E-state index in [9.17, 15) is 18.8 Å². The lowest BCUT2D eigenvalue weighted by Crippen LogP contribution is -2.41. The Labute approximate surface area is 148 Å². The second kappa shape index (κ2) is 6.40. The molecular formula is C17H18FN5O3. The molecule has 0 atom stereocenters. The number of rotatable bonds is 3. The minimum absolute atomic E-state index is 0.102. The Balaban J connectivity index is 1.53. The van der Waals surface area contributed by atoms with Crippen LogP contribution in [-0.4, -0.2) is 44.3 Å². The van der Waals surface area contributed by atoms with Gasteiger partial charge < -0.3 is 4.90 Å². The highest BCUT2D eigenvalue weighted by molar-refractivity contribution is 5.96. The monoisotopic (exact) mass is 359 g/mol. The Kier molecular flexibility index (Phi) is 4.06. The maximum Gasteiger partial charge on any atom is 0.354 e. The van der Waals surface area contributed by atoms with Crippen molar-refractivity contribution >= 4 is 17.6 Å². The van der Waals surface area contributed by atoms with E-state index in [2.05, 4.69) is 5.10 Å². The van der Waals surface area contributed by atoms with Crippen molar-refractivity contribution in [3.8, 4) is 0 Å². The van der Waals surface area contributed by atoms with E-state index in [0.29, 0.717) is 18.8 Å². The highest BCUT2D eigenvalue weighted by Crippen LogP contribution is 2.22. The smallest absolute Gasteiger partial charge is 0.341 e. The predicted molar refractivity (Wildman–Crippen MR) is 90.3 cm³/mol. The van der Waals surface area contributed by atoms with Gasteiger partial charge in [-0.25, -0.2) is 18.7 Å². The molecular weight excluding hydrogens is 341 g/mol. The summed E-state index contributed by atoms with van der Waals surface area (Å²) in [7, 11) is 0. The summed E-state index contributed by atoms with van der Waals surface area (Å²) in [6, 6.07) is 4.89. The lowest BCUT2D eigenvalue weighted by Gasteiger charge is -2.26. The number of aromatic nitrogens is 3. The van der Waals surface area contributed by atoms with E-state index in [4.69, 9.17) is 0 Å². The van der Waals surface area contributed by atoms with Crippen LogP contribution in [-0.2, 0) is 17.9 Å². The van der Waals surface area contributed by atoms with Gasteiger partial charge >= 0.3 is 11.7 Å². The molecule has 2 aromatic rings. The highest BCUT2D eigenvalue weighted by Gasteiger charge is 2.34. The molecule has 1 saturated heterocycles. The number of hydrogen-bond acceptors (Lipinski definition) is 4.